The van der Waals surface area contributed by atoms with E-state index in [4.69, 9.17) is 4.74 Å². The van der Waals surface area contributed by atoms with Crippen LogP contribution in [-0.2, 0) is 14.3 Å². The van der Waals surface area contributed by atoms with E-state index in [1.807, 2.05) is 34.6 Å². The highest BCUT2D eigenvalue weighted by atomic mass is 16.6. The Kier molecular flexibility index (Phi) is 5.55. The second kappa shape index (κ2) is 5.89. The van der Waals surface area contributed by atoms with Gasteiger partial charge in [0, 0.05) is 6.42 Å². The van der Waals surface area contributed by atoms with Crippen molar-refractivity contribution in [1.82, 2.24) is 0 Å². The van der Waals surface area contributed by atoms with E-state index in [0.29, 0.717) is 12.3 Å². The zero-order valence-electron chi connectivity index (χ0n) is 10.4. The summed E-state index contributed by atoms with van der Waals surface area (Å²) in [5.74, 6) is -0.160. The molecular formula is C12H22O3. The lowest BCUT2D eigenvalue weighted by atomic mass is 9.94. The molecule has 0 aromatic rings. The molecule has 3 heteroatoms. The van der Waals surface area contributed by atoms with Gasteiger partial charge in [-0.1, -0.05) is 13.8 Å². The summed E-state index contributed by atoms with van der Waals surface area (Å²) in [4.78, 5) is 22.2. The molecule has 0 spiro atoms. The number of esters is 1. The lowest BCUT2D eigenvalue weighted by Gasteiger charge is -2.23. The summed E-state index contributed by atoms with van der Waals surface area (Å²) in [5, 5.41) is 0. The molecule has 0 rings (SSSR count). The number of rotatable bonds is 5. The summed E-state index contributed by atoms with van der Waals surface area (Å²) >= 11 is 0. The Labute approximate surface area is 92.2 Å². The van der Waals surface area contributed by atoms with Gasteiger partial charge in [-0.3, -0.25) is 4.79 Å². The van der Waals surface area contributed by atoms with Gasteiger partial charge in [-0.25, -0.2) is 0 Å². The van der Waals surface area contributed by atoms with Gasteiger partial charge in [0.25, 0.3) is 0 Å². The van der Waals surface area contributed by atoms with Gasteiger partial charge in [-0.2, -0.15) is 0 Å². The number of ether oxygens (including phenoxy) is 1. The molecule has 0 N–H and O–H groups in total. The van der Waals surface area contributed by atoms with Crippen molar-refractivity contribution in [1.29, 1.82) is 0 Å². The van der Waals surface area contributed by atoms with Crippen molar-refractivity contribution in [3.63, 3.8) is 0 Å². The average molecular weight is 214 g/mol. The lowest BCUT2D eigenvalue weighted by molar-refractivity contribution is -0.161. The van der Waals surface area contributed by atoms with Crippen LogP contribution in [0.2, 0.25) is 0 Å². The van der Waals surface area contributed by atoms with Crippen LogP contribution >= 0.6 is 0 Å². The monoisotopic (exact) mass is 214 g/mol. The molecular weight excluding hydrogens is 192 g/mol. The number of hydrogen-bond donors (Lipinski definition) is 0. The van der Waals surface area contributed by atoms with Gasteiger partial charge >= 0.3 is 5.97 Å². The molecule has 88 valence electrons. The highest BCUT2D eigenvalue weighted by Crippen LogP contribution is 2.19. The van der Waals surface area contributed by atoms with E-state index < -0.39 is 5.60 Å². The van der Waals surface area contributed by atoms with Crippen LogP contribution < -0.4 is 0 Å². The van der Waals surface area contributed by atoms with E-state index in [2.05, 4.69) is 0 Å². The topological polar surface area (TPSA) is 43.4 Å². The number of carbonyl (C=O) groups is 2. The second-order valence-corrected chi connectivity index (χ2v) is 5.26. The maximum atomic E-state index is 11.7. The first-order chi connectivity index (χ1) is 6.76. The van der Waals surface area contributed by atoms with Crippen molar-refractivity contribution in [3.8, 4) is 0 Å². The van der Waals surface area contributed by atoms with Crippen LogP contribution in [0.15, 0.2) is 0 Å². The fourth-order valence-corrected chi connectivity index (χ4v) is 1.36. The van der Waals surface area contributed by atoms with Gasteiger partial charge in [0.1, 0.15) is 11.9 Å². The van der Waals surface area contributed by atoms with Gasteiger partial charge in [0.15, 0.2) is 0 Å². The van der Waals surface area contributed by atoms with Crippen molar-refractivity contribution >= 4 is 12.3 Å². The van der Waals surface area contributed by atoms with Crippen molar-refractivity contribution < 1.29 is 14.3 Å². The molecule has 15 heavy (non-hydrogen) atoms. The molecule has 0 heterocycles. The first-order valence-corrected chi connectivity index (χ1v) is 5.42. The highest BCUT2D eigenvalue weighted by Gasteiger charge is 2.25. The number of hydrogen-bond acceptors (Lipinski definition) is 3. The molecule has 0 aromatic carbocycles. The van der Waals surface area contributed by atoms with E-state index >= 15 is 0 Å². The third kappa shape index (κ3) is 7.11. The molecule has 0 aromatic heterocycles. The highest BCUT2D eigenvalue weighted by molar-refractivity contribution is 5.75. The zero-order valence-corrected chi connectivity index (χ0v) is 10.4. The molecule has 0 fully saturated rings. The summed E-state index contributed by atoms with van der Waals surface area (Å²) in [6, 6.07) is 0. The Morgan fingerprint density at radius 1 is 1.33 bits per heavy atom. The zero-order chi connectivity index (χ0) is 12.1. The van der Waals surface area contributed by atoms with Crippen LogP contribution in [0.4, 0.5) is 0 Å². The maximum Gasteiger partial charge on any atom is 0.309 e. The fraction of sp³-hybridized carbons (Fsp3) is 0.833. The van der Waals surface area contributed by atoms with Crippen LogP contribution in [0.25, 0.3) is 0 Å². The van der Waals surface area contributed by atoms with Crippen LogP contribution in [0, 0.1) is 11.8 Å². The number of carbonyl (C=O) groups excluding carboxylic acids is 2. The van der Waals surface area contributed by atoms with E-state index in [1.165, 1.54) is 0 Å². The first-order valence-electron chi connectivity index (χ1n) is 5.42. The minimum Gasteiger partial charge on any atom is -0.460 e. The summed E-state index contributed by atoms with van der Waals surface area (Å²) in [7, 11) is 0. The Morgan fingerprint density at radius 3 is 2.20 bits per heavy atom. The molecule has 0 radical (unpaired) electrons. The van der Waals surface area contributed by atoms with Crippen molar-refractivity contribution in [2.75, 3.05) is 0 Å². The standard InChI is InChI=1S/C12H22O3/c1-9(2)8-10(6-7-13)11(14)15-12(3,4)5/h7,9-10H,6,8H2,1-5H3/t10-/m0/s1. The van der Waals surface area contributed by atoms with E-state index in [9.17, 15) is 9.59 Å². The van der Waals surface area contributed by atoms with Crippen molar-refractivity contribution in [2.45, 2.75) is 53.1 Å². The van der Waals surface area contributed by atoms with Gasteiger partial charge < -0.3 is 9.53 Å². The Hall–Kier alpha value is -0.860. The minimum absolute atomic E-state index is 0.257. The van der Waals surface area contributed by atoms with Crippen molar-refractivity contribution in [2.24, 2.45) is 11.8 Å². The molecule has 0 bridgehead atoms. The molecule has 0 saturated heterocycles. The number of aldehydes is 1. The third-order valence-corrected chi connectivity index (χ3v) is 1.88. The quantitative estimate of drug-likeness (QED) is 0.522. The Morgan fingerprint density at radius 2 is 1.87 bits per heavy atom. The summed E-state index contributed by atoms with van der Waals surface area (Å²) in [6.07, 6.45) is 1.75. The molecule has 0 aliphatic carbocycles. The Bertz CT molecular complexity index is 213. The predicted octanol–water partition coefficient (Wildman–Crippen LogP) is 2.58. The first kappa shape index (κ1) is 14.1. The van der Waals surface area contributed by atoms with E-state index in [-0.39, 0.29) is 18.3 Å². The third-order valence-electron chi connectivity index (χ3n) is 1.88. The minimum atomic E-state index is -0.477. The van der Waals surface area contributed by atoms with Gasteiger partial charge in [0.05, 0.1) is 5.92 Å². The molecule has 0 amide bonds. The second-order valence-electron chi connectivity index (χ2n) is 5.26. The maximum absolute atomic E-state index is 11.7. The molecule has 0 saturated carbocycles. The van der Waals surface area contributed by atoms with Gasteiger partial charge in [0.2, 0.25) is 0 Å². The molecule has 0 aliphatic heterocycles. The van der Waals surface area contributed by atoms with E-state index in [0.717, 1.165) is 6.29 Å². The fourth-order valence-electron chi connectivity index (χ4n) is 1.36. The lowest BCUT2D eigenvalue weighted by Crippen LogP contribution is -2.29. The largest absolute Gasteiger partial charge is 0.460 e. The van der Waals surface area contributed by atoms with Crippen LogP contribution in [0.1, 0.15) is 47.5 Å². The molecule has 3 nitrogen and oxygen atoms in total. The van der Waals surface area contributed by atoms with Gasteiger partial charge in [-0.15, -0.1) is 0 Å². The summed E-state index contributed by atoms with van der Waals surface area (Å²) in [5.41, 5.74) is -0.477. The Balaban J connectivity index is 4.35. The van der Waals surface area contributed by atoms with E-state index in [1.54, 1.807) is 0 Å². The van der Waals surface area contributed by atoms with Gasteiger partial charge in [-0.05, 0) is 33.1 Å². The van der Waals surface area contributed by atoms with Crippen molar-refractivity contribution in [3.05, 3.63) is 0 Å². The molecule has 0 unspecified atom stereocenters. The summed E-state index contributed by atoms with van der Waals surface area (Å²) in [6.45, 7) is 9.55. The van der Waals surface area contributed by atoms with Crippen LogP contribution in [-0.4, -0.2) is 17.9 Å². The van der Waals surface area contributed by atoms with Crippen LogP contribution in [0.3, 0.4) is 0 Å². The van der Waals surface area contributed by atoms with Crippen LogP contribution in [0.5, 0.6) is 0 Å². The summed E-state index contributed by atoms with van der Waals surface area (Å²) < 4.78 is 5.26. The SMILES string of the molecule is CC(C)C[C@H](CC=O)C(=O)OC(C)(C)C. The predicted molar refractivity (Wildman–Crippen MR) is 59.5 cm³/mol. The average Bonchev–Trinajstić information content (AvgIpc) is 1.99. The molecule has 0 aliphatic rings. The molecule has 1 atom stereocenters. The normalized spacial score (nSPS) is 13.7. The smallest absolute Gasteiger partial charge is 0.309 e.